The van der Waals surface area contributed by atoms with Crippen molar-refractivity contribution < 1.29 is 9.53 Å². The van der Waals surface area contributed by atoms with E-state index in [9.17, 15) is 9.59 Å². The lowest BCUT2D eigenvalue weighted by Crippen LogP contribution is -2.20. The number of carbonyl (C=O) groups is 1. The minimum Gasteiger partial charge on any atom is -0.495 e. The number of pyridine rings is 2. The van der Waals surface area contributed by atoms with Crippen LogP contribution in [0.4, 0.5) is 5.13 Å². The third kappa shape index (κ3) is 5.03. The van der Waals surface area contributed by atoms with E-state index in [4.69, 9.17) is 4.74 Å². The number of carbonyl (C=O) groups excluding carboxylic acids is 1. The average Bonchev–Trinajstić information content (AvgIpc) is 3.14. The lowest BCUT2D eigenvalue weighted by atomic mass is 10.0. The summed E-state index contributed by atoms with van der Waals surface area (Å²) >= 11 is 1.40. The fourth-order valence-corrected chi connectivity index (χ4v) is 4.01. The lowest BCUT2D eigenvalue weighted by Gasteiger charge is -2.12. The molecule has 8 heteroatoms. The van der Waals surface area contributed by atoms with Crippen LogP contribution >= 0.6 is 11.3 Å². The Bertz CT molecular complexity index is 1380. The van der Waals surface area contributed by atoms with Crippen molar-refractivity contribution >= 4 is 34.5 Å². The largest absolute Gasteiger partial charge is 0.495 e. The maximum atomic E-state index is 13.2. The van der Waals surface area contributed by atoms with Crippen LogP contribution < -0.4 is 25.5 Å². The van der Waals surface area contributed by atoms with Gasteiger partial charge in [0.15, 0.2) is 5.13 Å². The van der Waals surface area contributed by atoms with Crippen molar-refractivity contribution in [3.8, 4) is 16.9 Å². The third-order valence-electron chi connectivity index (χ3n) is 4.99. The zero-order valence-electron chi connectivity index (χ0n) is 19.0. The summed E-state index contributed by atoms with van der Waals surface area (Å²) in [6.07, 6.45) is 6.96. The number of nitrogens with one attached hydrogen (secondary N) is 2. The zero-order valence-corrected chi connectivity index (χ0v) is 19.8. The Balaban J connectivity index is 2.06. The summed E-state index contributed by atoms with van der Waals surface area (Å²) < 4.78 is 6.36. The van der Waals surface area contributed by atoms with Crippen molar-refractivity contribution in [2.75, 3.05) is 12.4 Å². The number of anilines is 1. The smallest absolute Gasteiger partial charge is 0.259 e. The molecule has 0 aromatic carbocycles. The number of H-pyrrole nitrogens is 1. The van der Waals surface area contributed by atoms with Crippen LogP contribution in [0.5, 0.6) is 5.75 Å². The Morgan fingerprint density at radius 2 is 1.97 bits per heavy atom. The lowest BCUT2D eigenvalue weighted by molar-refractivity contribution is 0.102. The second-order valence-electron chi connectivity index (χ2n) is 7.49. The van der Waals surface area contributed by atoms with Gasteiger partial charge in [-0.3, -0.25) is 19.9 Å². The normalized spacial score (nSPS) is 12.1. The van der Waals surface area contributed by atoms with Crippen LogP contribution in [-0.2, 0) is 0 Å². The van der Waals surface area contributed by atoms with Crippen LogP contribution in [0.15, 0.2) is 40.5 Å². The highest BCUT2D eigenvalue weighted by molar-refractivity contribution is 7.13. The predicted molar refractivity (Wildman–Crippen MR) is 130 cm³/mol. The number of nitrogens with zero attached hydrogens (tertiary/aromatic N) is 2. The van der Waals surface area contributed by atoms with Gasteiger partial charge in [0.05, 0.1) is 22.6 Å². The van der Waals surface area contributed by atoms with E-state index in [0.29, 0.717) is 33.3 Å². The molecule has 0 fully saturated rings. The van der Waals surface area contributed by atoms with Crippen LogP contribution in [0.2, 0.25) is 0 Å². The summed E-state index contributed by atoms with van der Waals surface area (Å²) in [7, 11) is 1.51. The molecule has 1 amide bonds. The summed E-state index contributed by atoms with van der Waals surface area (Å²) in [5, 5.41) is 4.18. The second-order valence-corrected chi connectivity index (χ2v) is 8.52. The molecule has 0 atom stereocenters. The molecule has 3 aromatic heterocycles. The van der Waals surface area contributed by atoms with Gasteiger partial charge in [-0.2, -0.15) is 0 Å². The van der Waals surface area contributed by atoms with E-state index in [1.165, 1.54) is 42.5 Å². The molecule has 0 saturated carbocycles. The molecular formula is C24H26N4O3S. The molecule has 3 aromatic rings. The molecule has 0 spiro atoms. The maximum Gasteiger partial charge on any atom is 0.259 e. The summed E-state index contributed by atoms with van der Waals surface area (Å²) in [5.41, 5.74) is 4.19. The third-order valence-corrected chi connectivity index (χ3v) is 5.93. The van der Waals surface area contributed by atoms with Gasteiger partial charge in [0, 0.05) is 35.3 Å². The van der Waals surface area contributed by atoms with Crippen LogP contribution in [0.1, 0.15) is 43.7 Å². The molecule has 7 nitrogen and oxygen atoms in total. The molecule has 2 N–H and O–H groups in total. The SMILES string of the molecule is C/C=c1/nc(NC(=O)c2cnc(C)cc2-c2cc(=O)[nH]cc2OC)s/c1=C/C(C)=C(C)C. The van der Waals surface area contributed by atoms with Crippen molar-refractivity contribution in [3.63, 3.8) is 0 Å². The van der Waals surface area contributed by atoms with Gasteiger partial charge < -0.3 is 9.72 Å². The van der Waals surface area contributed by atoms with E-state index >= 15 is 0 Å². The quantitative estimate of drug-likeness (QED) is 0.621. The molecule has 3 rings (SSSR count). The molecule has 0 radical (unpaired) electrons. The van der Waals surface area contributed by atoms with Crippen LogP contribution in [0, 0.1) is 6.92 Å². The number of ether oxygens (including phenoxy) is 1. The predicted octanol–water partition coefficient (Wildman–Crippen LogP) is 3.40. The molecule has 166 valence electrons. The first kappa shape index (κ1) is 23.1. The summed E-state index contributed by atoms with van der Waals surface area (Å²) in [5.74, 6) is 0.0900. The minimum absolute atomic E-state index is 0.292. The van der Waals surface area contributed by atoms with Crippen molar-refractivity contribution in [1.82, 2.24) is 15.0 Å². The molecule has 0 aliphatic rings. The van der Waals surface area contributed by atoms with Gasteiger partial charge in [-0.05, 0) is 46.8 Å². The van der Waals surface area contributed by atoms with Crippen molar-refractivity contribution in [2.24, 2.45) is 0 Å². The van der Waals surface area contributed by atoms with E-state index in [0.717, 1.165) is 15.5 Å². The van der Waals surface area contributed by atoms with Crippen molar-refractivity contribution in [3.05, 3.63) is 67.2 Å². The number of methoxy groups -OCH3 is 1. The number of amides is 1. The van der Waals surface area contributed by atoms with Gasteiger partial charge in [-0.1, -0.05) is 28.6 Å². The molecule has 0 bridgehead atoms. The average molecular weight is 451 g/mol. The van der Waals surface area contributed by atoms with E-state index in [2.05, 4.69) is 40.2 Å². The Morgan fingerprint density at radius 1 is 1.22 bits per heavy atom. The number of hydrogen-bond donors (Lipinski definition) is 2. The van der Waals surface area contributed by atoms with Gasteiger partial charge in [0.2, 0.25) is 5.56 Å². The van der Waals surface area contributed by atoms with Crippen LogP contribution in [-0.4, -0.2) is 28.0 Å². The number of hydrogen-bond acceptors (Lipinski definition) is 6. The monoisotopic (exact) mass is 450 g/mol. The molecule has 0 saturated heterocycles. The molecule has 0 aliphatic heterocycles. The molecule has 32 heavy (non-hydrogen) atoms. The van der Waals surface area contributed by atoms with Crippen LogP contribution in [0.25, 0.3) is 23.3 Å². The second kappa shape index (κ2) is 9.74. The van der Waals surface area contributed by atoms with Crippen molar-refractivity contribution in [1.29, 1.82) is 0 Å². The van der Waals surface area contributed by atoms with Gasteiger partial charge in [0.25, 0.3) is 5.91 Å². The van der Waals surface area contributed by atoms with Gasteiger partial charge >= 0.3 is 0 Å². The van der Waals surface area contributed by atoms with E-state index in [1.807, 2.05) is 26.8 Å². The zero-order chi connectivity index (χ0) is 23.4. The van der Waals surface area contributed by atoms with Gasteiger partial charge in [-0.25, -0.2) is 4.98 Å². The van der Waals surface area contributed by atoms with Gasteiger partial charge in [-0.15, -0.1) is 0 Å². The Morgan fingerprint density at radius 3 is 2.62 bits per heavy atom. The van der Waals surface area contributed by atoms with E-state index in [1.54, 1.807) is 6.07 Å². The molecular weight excluding hydrogens is 424 g/mol. The minimum atomic E-state index is -0.364. The number of thiazole rings is 1. The molecule has 3 heterocycles. The first-order valence-corrected chi connectivity index (χ1v) is 10.9. The maximum absolute atomic E-state index is 13.2. The van der Waals surface area contributed by atoms with Crippen LogP contribution in [0.3, 0.4) is 0 Å². The highest BCUT2D eigenvalue weighted by atomic mass is 32.1. The first-order valence-electron chi connectivity index (χ1n) is 10.1. The van der Waals surface area contributed by atoms with Gasteiger partial charge in [0.1, 0.15) is 5.75 Å². The molecule has 0 unspecified atom stereocenters. The topological polar surface area (TPSA) is 97.0 Å². The Labute approximate surface area is 190 Å². The summed E-state index contributed by atoms with van der Waals surface area (Å²) in [4.78, 5) is 36.6. The number of aryl methyl sites for hydroxylation is 1. The fraction of sp³-hybridized carbons (Fsp3) is 0.250. The fourth-order valence-electron chi connectivity index (χ4n) is 3.01. The Hall–Kier alpha value is -3.52. The van der Waals surface area contributed by atoms with E-state index in [-0.39, 0.29) is 11.5 Å². The number of aromatic amines is 1. The number of rotatable bonds is 5. The highest BCUT2D eigenvalue weighted by Crippen LogP contribution is 2.31. The Kier molecular flexibility index (Phi) is 7.05. The first-order chi connectivity index (χ1) is 15.2. The standard InChI is InChI=1S/C24H26N4O3S/c1-7-19-21(8-14(4)13(2)3)32-24(27-19)28-23(30)18-11-25-15(5)9-16(18)17-10-22(29)26-12-20(17)31-6/h7-12H,1-6H3,(H,26,29)(H,27,28,30)/b19-7+,21-8+. The summed E-state index contributed by atoms with van der Waals surface area (Å²) in [6.45, 7) is 9.89. The van der Waals surface area contributed by atoms with Crippen molar-refractivity contribution in [2.45, 2.75) is 34.6 Å². The number of aromatic nitrogens is 3. The molecule has 0 aliphatic carbocycles. The highest BCUT2D eigenvalue weighted by Gasteiger charge is 2.18. The van der Waals surface area contributed by atoms with E-state index < -0.39 is 0 Å². The number of allylic oxidation sites excluding steroid dienone is 2. The summed E-state index contributed by atoms with van der Waals surface area (Å²) in [6, 6.07) is 3.17.